The molecular formula is C30H26N6O. The first-order valence-electron chi connectivity index (χ1n) is 12.6. The van der Waals surface area contributed by atoms with E-state index in [1.54, 1.807) is 12.5 Å². The van der Waals surface area contributed by atoms with E-state index in [2.05, 4.69) is 57.2 Å². The molecule has 1 aliphatic carbocycles. The van der Waals surface area contributed by atoms with E-state index in [1.807, 2.05) is 36.5 Å². The summed E-state index contributed by atoms with van der Waals surface area (Å²) in [4.78, 5) is 14.5. The molecule has 4 aromatic heterocycles. The fraction of sp³-hybridized carbons (Fsp3) is 0.167. The average molecular weight is 487 g/mol. The second kappa shape index (κ2) is 8.87. The second-order valence-electron chi connectivity index (χ2n) is 9.65. The summed E-state index contributed by atoms with van der Waals surface area (Å²) >= 11 is 0. The lowest BCUT2D eigenvalue weighted by molar-refractivity contribution is 0.272. The van der Waals surface area contributed by atoms with Gasteiger partial charge in [0.15, 0.2) is 0 Å². The number of nitrogens with two attached hydrogens (primary N) is 1. The maximum atomic E-state index is 6.40. The van der Waals surface area contributed by atoms with Gasteiger partial charge in [0.2, 0.25) is 0 Å². The summed E-state index contributed by atoms with van der Waals surface area (Å²) in [5.41, 5.74) is 12.1. The van der Waals surface area contributed by atoms with Gasteiger partial charge in [-0.1, -0.05) is 48.5 Å². The molecule has 7 heteroatoms. The van der Waals surface area contributed by atoms with Crippen molar-refractivity contribution in [1.29, 1.82) is 0 Å². The van der Waals surface area contributed by atoms with Crippen molar-refractivity contribution in [3.8, 4) is 22.5 Å². The average Bonchev–Trinajstić information content (AvgIpc) is 3.57. The summed E-state index contributed by atoms with van der Waals surface area (Å²) in [6, 6.07) is 25.1. The third kappa shape index (κ3) is 3.93. The Morgan fingerprint density at radius 1 is 0.946 bits per heavy atom. The van der Waals surface area contributed by atoms with Gasteiger partial charge in [0.1, 0.15) is 28.6 Å². The Morgan fingerprint density at radius 2 is 1.81 bits per heavy atom. The summed E-state index contributed by atoms with van der Waals surface area (Å²) in [7, 11) is 0. The SMILES string of the molecule is Nc1nccn2c1c(-c1ccc3ccc(-c4ccccc4)nc3c1)nc2[C@H]1C[C@@H](NCc2ccco2)C1. The number of pyridine rings is 1. The van der Waals surface area contributed by atoms with E-state index < -0.39 is 0 Å². The highest BCUT2D eigenvalue weighted by atomic mass is 16.3. The molecule has 37 heavy (non-hydrogen) atoms. The molecule has 4 heterocycles. The number of fused-ring (bicyclic) bond motifs is 2. The van der Waals surface area contributed by atoms with E-state index >= 15 is 0 Å². The molecule has 0 amide bonds. The van der Waals surface area contributed by atoms with Gasteiger partial charge in [0.25, 0.3) is 0 Å². The van der Waals surface area contributed by atoms with Crippen LogP contribution in [0, 0.1) is 0 Å². The van der Waals surface area contributed by atoms with Crippen LogP contribution >= 0.6 is 0 Å². The molecule has 2 aromatic carbocycles. The van der Waals surface area contributed by atoms with Crippen LogP contribution in [-0.4, -0.2) is 25.4 Å². The van der Waals surface area contributed by atoms with Gasteiger partial charge in [-0.15, -0.1) is 0 Å². The topological polar surface area (TPSA) is 94.3 Å². The van der Waals surface area contributed by atoms with Crippen LogP contribution in [0.3, 0.4) is 0 Å². The molecule has 3 N–H and O–H groups in total. The first kappa shape index (κ1) is 21.8. The van der Waals surface area contributed by atoms with Crippen LogP contribution in [0.1, 0.15) is 30.3 Å². The van der Waals surface area contributed by atoms with Crippen molar-refractivity contribution in [2.45, 2.75) is 31.3 Å². The third-order valence-electron chi connectivity index (χ3n) is 7.29. The van der Waals surface area contributed by atoms with E-state index in [0.717, 1.165) is 69.9 Å². The first-order chi connectivity index (χ1) is 18.2. The van der Waals surface area contributed by atoms with E-state index in [4.69, 9.17) is 20.1 Å². The smallest absolute Gasteiger partial charge is 0.150 e. The van der Waals surface area contributed by atoms with Gasteiger partial charge in [0.05, 0.1) is 24.0 Å². The molecule has 0 spiro atoms. The molecule has 182 valence electrons. The molecule has 0 aliphatic heterocycles. The lowest BCUT2D eigenvalue weighted by Crippen LogP contribution is -2.40. The standard InChI is InChI=1S/C30H26N6O/c31-29-28-27(21-9-8-20-10-11-25(34-26(20)17-21)19-5-2-1-3-6-19)35-30(36(28)13-12-32-29)22-15-23(16-22)33-18-24-7-4-14-37-24/h1-14,17,22-23,33H,15-16,18H2,(H2,31,32)/t22-,23+. The number of anilines is 1. The minimum absolute atomic E-state index is 0.348. The molecule has 6 aromatic rings. The lowest BCUT2D eigenvalue weighted by atomic mass is 9.79. The molecule has 1 saturated carbocycles. The van der Waals surface area contributed by atoms with Crippen LogP contribution in [0.4, 0.5) is 5.82 Å². The van der Waals surface area contributed by atoms with Gasteiger partial charge >= 0.3 is 0 Å². The number of nitrogens with zero attached hydrogens (tertiary/aromatic N) is 4. The molecule has 0 radical (unpaired) electrons. The molecule has 1 aliphatic rings. The number of aromatic nitrogens is 4. The van der Waals surface area contributed by atoms with Gasteiger partial charge in [-0.3, -0.25) is 4.40 Å². The molecular weight excluding hydrogens is 460 g/mol. The number of nitrogen functional groups attached to an aromatic ring is 1. The van der Waals surface area contributed by atoms with Gasteiger partial charge in [-0.25, -0.2) is 15.0 Å². The molecule has 7 nitrogen and oxygen atoms in total. The fourth-order valence-corrected chi connectivity index (χ4v) is 5.26. The zero-order valence-electron chi connectivity index (χ0n) is 20.2. The predicted molar refractivity (Wildman–Crippen MR) is 145 cm³/mol. The number of hydrogen-bond acceptors (Lipinski definition) is 6. The molecule has 0 saturated heterocycles. The Morgan fingerprint density at radius 3 is 2.65 bits per heavy atom. The quantitative estimate of drug-likeness (QED) is 0.308. The van der Waals surface area contributed by atoms with E-state index in [0.29, 0.717) is 17.8 Å². The number of rotatable bonds is 6. The van der Waals surface area contributed by atoms with Crippen molar-refractivity contribution < 1.29 is 4.42 Å². The zero-order valence-corrected chi connectivity index (χ0v) is 20.2. The Labute approximate surface area is 214 Å². The Hall–Kier alpha value is -4.49. The highest BCUT2D eigenvalue weighted by Gasteiger charge is 2.34. The summed E-state index contributed by atoms with van der Waals surface area (Å²) < 4.78 is 7.56. The number of nitrogens with one attached hydrogen (secondary N) is 1. The van der Waals surface area contributed by atoms with Crippen molar-refractivity contribution in [3.05, 3.63) is 103 Å². The number of imidazole rings is 1. The van der Waals surface area contributed by atoms with Crippen LogP contribution in [-0.2, 0) is 6.54 Å². The van der Waals surface area contributed by atoms with Gasteiger partial charge in [0, 0.05) is 40.9 Å². The van der Waals surface area contributed by atoms with Crippen molar-refractivity contribution in [2.24, 2.45) is 0 Å². The van der Waals surface area contributed by atoms with Crippen LogP contribution in [0.15, 0.2) is 95.9 Å². The van der Waals surface area contributed by atoms with Crippen LogP contribution in [0.2, 0.25) is 0 Å². The Balaban J connectivity index is 1.22. The van der Waals surface area contributed by atoms with Crippen molar-refractivity contribution >= 4 is 22.2 Å². The van der Waals surface area contributed by atoms with E-state index in [1.165, 1.54) is 0 Å². The molecule has 1 fully saturated rings. The highest BCUT2D eigenvalue weighted by molar-refractivity contribution is 5.91. The van der Waals surface area contributed by atoms with Gasteiger partial charge in [-0.05, 0) is 37.1 Å². The zero-order chi connectivity index (χ0) is 24.8. The van der Waals surface area contributed by atoms with Crippen molar-refractivity contribution in [3.63, 3.8) is 0 Å². The minimum Gasteiger partial charge on any atom is -0.468 e. The summed E-state index contributed by atoms with van der Waals surface area (Å²) in [6.45, 7) is 0.740. The number of benzene rings is 2. The largest absolute Gasteiger partial charge is 0.468 e. The van der Waals surface area contributed by atoms with Gasteiger partial charge in [-0.2, -0.15) is 0 Å². The second-order valence-corrected chi connectivity index (χ2v) is 9.65. The fourth-order valence-electron chi connectivity index (χ4n) is 5.26. The normalized spacial score (nSPS) is 17.3. The predicted octanol–water partition coefficient (Wildman–Crippen LogP) is 5.82. The van der Waals surface area contributed by atoms with E-state index in [-0.39, 0.29) is 0 Å². The maximum Gasteiger partial charge on any atom is 0.150 e. The molecule has 0 unspecified atom stereocenters. The van der Waals surface area contributed by atoms with Gasteiger partial charge < -0.3 is 15.5 Å². The van der Waals surface area contributed by atoms with Crippen LogP contribution in [0.25, 0.3) is 38.9 Å². The molecule has 7 rings (SSSR count). The summed E-state index contributed by atoms with van der Waals surface area (Å²) in [5, 5.41) is 4.67. The lowest BCUT2D eigenvalue weighted by Gasteiger charge is -2.35. The summed E-state index contributed by atoms with van der Waals surface area (Å²) in [6.07, 6.45) is 7.45. The van der Waals surface area contributed by atoms with Crippen molar-refractivity contribution in [2.75, 3.05) is 5.73 Å². The van der Waals surface area contributed by atoms with Crippen molar-refractivity contribution in [1.82, 2.24) is 24.7 Å². The van der Waals surface area contributed by atoms with Crippen LogP contribution in [0.5, 0.6) is 0 Å². The Kier molecular flexibility index (Phi) is 5.22. The Bertz CT molecular complexity index is 1700. The molecule has 0 bridgehead atoms. The third-order valence-corrected chi connectivity index (χ3v) is 7.29. The highest BCUT2D eigenvalue weighted by Crippen LogP contribution is 2.40. The van der Waals surface area contributed by atoms with E-state index in [9.17, 15) is 0 Å². The minimum atomic E-state index is 0.348. The molecule has 0 atom stereocenters. The number of furan rings is 1. The maximum absolute atomic E-state index is 6.40. The first-order valence-corrected chi connectivity index (χ1v) is 12.6. The summed E-state index contributed by atoms with van der Waals surface area (Å²) in [5.74, 6) is 2.81. The number of hydrogen-bond donors (Lipinski definition) is 2. The van der Waals surface area contributed by atoms with Crippen LogP contribution < -0.4 is 11.1 Å². The monoisotopic (exact) mass is 486 g/mol.